The maximum absolute atomic E-state index is 12.6. The molecule has 3 aliphatic rings. The van der Waals surface area contributed by atoms with Gasteiger partial charge in [-0.2, -0.15) is 0 Å². The number of benzene rings is 1. The molecule has 2 N–H and O–H groups in total. The van der Waals surface area contributed by atoms with Crippen LogP contribution in [-0.2, 0) is 43.3 Å². The van der Waals surface area contributed by atoms with Crippen LogP contribution < -0.4 is 10.0 Å². The van der Waals surface area contributed by atoms with Crippen LogP contribution in [0.15, 0.2) is 18.2 Å². The van der Waals surface area contributed by atoms with Crippen LogP contribution in [0.3, 0.4) is 0 Å². The first-order chi connectivity index (χ1) is 11.5. The van der Waals surface area contributed by atoms with E-state index in [-0.39, 0.29) is 18.3 Å². The van der Waals surface area contributed by atoms with E-state index in [0.717, 1.165) is 11.1 Å². The van der Waals surface area contributed by atoms with Gasteiger partial charge in [-0.3, -0.25) is 9.52 Å². The number of rotatable bonds is 4. The third-order valence-corrected chi connectivity index (χ3v) is 6.34. The highest BCUT2D eigenvalue weighted by Gasteiger charge is 2.53. The van der Waals surface area contributed by atoms with Crippen LogP contribution in [0, 0.1) is 11.3 Å². The summed E-state index contributed by atoms with van der Waals surface area (Å²) in [6.45, 7) is 2.96. The maximum Gasteiger partial charge on any atom is 0.243 e. The minimum absolute atomic E-state index is 0.0323. The molecule has 1 aromatic rings. The number of sulfonamides is 1. The van der Waals surface area contributed by atoms with Crippen LogP contribution >= 0.6 is 0 Å². The summed E-state index contributed by atoms with van der Waals surface area (Å²) in [5.41, 5.74) is 1.98. The Labute approximate surface area is 140 Å². The van der Waals surface area contributed by atoms with Gasteiger partial charge in [0.1, 0.15) is 0 Å². The lowest BCUT2D eigenvalue weighted by Crippen LogP contribution is -2.48. The average Bonchev–Trinajstić information content (AvgIpc) is 3.20. The number of carbonyl (C=O) groups is 1. The fourth-order valence-electron chi connectivity index (χ4n) is 3.72. The molecule has 2 atom stereocenters. The number of carbonyl (C=O) groups excluding carboxylic acids is 1. The number of amides is 1. The fourth-order valence-corrected chi connectivity index (χ4v) is 4.90. The molecule has 3 heterocycles. The molecule has 2 fully saturated rings. The molecule has 0 aliphatic carbocycles. The molecular formula is C16H20N2O5S. The van der Waals surface area contributed by atoms with Crippen molar-refractivity contribution in [1.29, 1.82) is 0 Å². The Morgan fingerprint density at radius 2 is 2.12 bits per heavy atom. The number of hydrogen-bond acceptors (Lipinski definition) is 6. The predicted molar refractivity (Wildman–Crippen MR) is 85.3 cm³/mol. The van der Waals surface area contributed by atoms with Crippen molar-refractivity contribution in [1.82, 2.24) is 10.0 Å². The fraction of sp³-hybridized carbons (Fsp3) is 0.562. The molecule has 7 nitrogen and oxygen atoms in total. The summed E-state index contributed by atoms with van der Waals surface area (Å²) in [4.78, 5) is 12.6. The molecule has 24 heavy (non-hydrogen) atoms. The van der Waals surface area contributed by atoms with Gasteiger partial charge in [-0.05, 0) is 16.7 Å². The summed E-state index contributed by atoms with van der Waals surface area (Å²) in [5.74, 6) is -0.648. The Morgan fingerprint density at radius 1 is 1.29 bits per heavy atom. The van der Waals surface area contributed by atoms with E-state index in [1.165, 1.54) is 0 Å². The van der Waals surface area contributed by atoms with Crippen molar-refractivity contribution < 1.29 is 22.7 Å². The summed E-state index contributed by atoms with van der Waals surface area (Å²) in [7, 11) is -3.76. The van der Waals surface area contributed by atoms with E-state index in [0.29, 0.717) is 38.5 Å². The zero-order valence-corrected chi connectivity index (χ0v) is 14.0. The molecule has 0 aromatic heterocycles. The first kappa shape index (κ1) is 16.0. The maximum atomic E-state index is 12.6. The van der Waals surface area contributed by atoms with Crippen LogP contribution in [0.4, 0.5) is 0 Å². The highest BCUT2D eigenvalue weighted by atomic mass is 32.2. The van der Waals surface area contributed by atoms with Crippen molar-refractivity contribution in [2.45, 2.75) is 19.0 Å². The predicted octanol–water partition coefficient (Wildman–Crippen LogP) is -0.101. The molecule has 0 radical (unpaired) electrons. The molecule has 4 rings (SSSR count). The molecule has 8 heteroatoms. The molecule has 0 spiro atoms. The summed E-state index contributed by atoms with van der Waals surface area (Å²) in [6.07, 6.45) is 0. The molecule has 1 amide bonds. The first-order valence-corrected chi connectivity index (χ1v) is 9.66. The molecule has 2 saturated heterocycles. The van der Waals surface area contributed by atoms with Crippen LogP contribution in [0.25, 0.3) is 0 Å². The zero-order valence-electron chi connectivity index (χ0n) is 13.2. The summed E-state index contributed by atoms with van der Waals surface area (Å²) in [6, 6.07) is 5.49. The lowest BCUT2D eigenvalue weighted by atomic mass is 9.80. The standard InChI is InChI=1S/C16H20N2O5S/c19-15(16-9-17-4-14(16)7-23-10-16)18-24(20,21)8-11-1-2-12-5-22-6-13(12)3-11/h1-3,14,17H,4-10H2,(H,18,19)/t14-,16-/m0/s1. The molecule has 1 aromatic carbocycles. The van der Waals surface area contributed by atoms with Gasteiger partial charge in [0.25, 0.3) is 0 Å². The van der Waals surface area contributed by atoms with E-state index in [9.17, 15) is 13.2 Å². The third kappa shape index (κ3) is 2.73. The second-order valence-electron chi connectivity index (χ2n) is 6.79. The second kappa shape index (κ2) is 5.80. The Hall–Kier alpha value is -1.48. The Bertz CT molecular complexity index is 767. The zero-order chi connectivity index (χ0) is 16.8. The normalized spacial score (nSPS) is 28.6. The van der Waals surface area contributed by atoms with Crippen LogP contribution in [-0.4, -0.2) is 40.6 Å². The van der Waals surface area contributed by atoms with Gasteiger partial charge in [0.05, 0.1) is 37.6 Å². The highest BCUT2D eigenvalue weighted by molar-refractivity contribution is 7.89. The number of nitrogens with one attached hydrogen (secondary N) is 2. The van der Waals surface area contributed by atoms with Gasteiger partial charge in [-0.1, -0.05) is 18.2 Å². The topological polar surface area (TPSA) is 93.7 Å². The summed E-state index contributed by atoms with van der Waals surface area (Å²) >= 11 is 0. The molecule has 130 valence electrons. The Balaban J connectivity index is 1.48. The number of hydrogen-bond donors (Lipinski definition) is 2. The van der Waals surface area contributed by atoms with Crippen molar-refractivity contribution in [2.24, 2.45) is 11.3 Å². The Morgan fingerprint density at radius 3 is 3.00 bits per heavy atom. The van der Waals surface area contributed by atoms with Crippen molar-refractivity contribution in [2.75, 3.05) is 26.3 Å². The van der Waals surface area contributed by atoms with Crippen molar-refractivity contribution in [3.8, 4) is 0 Å². The van der Waals surface area contributed by atoms with Gasteiger partial charge in [-0.25, -0.2) is 8.42 Å². The van der Waals surface area contributed by atoms with Gasteiger partial charge < -0.3 is 14.8 Å². The molecule has 0 saturated carbocycles. The van der Waals surface area contributed by atoms with E-state index >= 15 is 0 Å². The van der Waals surface area contributed by atoms with E-state index in [1.807, 2.05) is 12.1 Å². The molecule has 3 aliphatic heterocycles. The highest BCUT2D eigenvalue weighted by Crippen LogP contribution is 2.37. The quantitative estimate of drug-likeness (QED) is 0.786. The van der Waals surface area contributed by atoms with E-state index in [4.69, 9.17) is 9.47 Å². The van der Waals surface area contributed by atoms with Gasteiger partial charge in [0.15, 0.2) is 0 Å². The van der Waals surface area contributed by atoms with Crippen molar-refractivity contribution in [3.63, 3.8) is 0 Å². The lowest BCUT2D eigenvalue weighted by Gasteiger charge is -2.24. The van der Waals surface area contributed by atoms with Crippen LogP contribution in [0.1, 0.15) is 16.7 Å². The first-order valence-electron chi connectivity index (χ1n) is 8.00. The van der Waals surface area contributed by atoms with Crippen LogP contribution in [0.5, 0.6) is 0 Å². The monoisotopic (exact) mass is 352 g/mol. The largest absolute Gasteiger partial charge is 0.380 e. The molecule has 0 bridgehead atoms. The molecular weight excluding hydrogens is 332 g/mol. The SMILES string of the molecule is O=C(NS(=O)(=O)Cc1ccc2c(c1)COC2)[C@]12CNC[C@H]1COC2. The van der Waals surface area contributed by atoms with Gasteiger partial charge in [-0.15, -0.1) is 0 Å². The Kier molecular flexibility index (Phi) is 3.87. The van der Waals surface area contributed by atoms with E-state index in [2.05, 4.69) is 10.0 Å². The van der Waals surface area contributed by atoms with Crippen molar-refractivity contribution in [3.05, 3.63) is 34.9 Å². The van der Waals surface area contributed by atoms with Gasteiger partial charge >= 0.3 is 0 Å². The average molecular weight is 352 g/mol. The smallest absolute Gasteiger partial charge is 0.243 e. The van der Waals surface area contributed by atoms with E-state index in [1.54, 1.807) is 6.07 Å². The molecule has 0 unspecified atom stereocenters. The summed E-state index contributed by atoms with van der Waals surface area (Å²) in [5, 5.41) is 3.16. The van der Waals surface area contributed by atoms with Crippen molar-refractivity contribution >= 4 is 15.9 Å². The van der Waals surface area contributed by atoms with Gasteiger partial charge in [0.2, 0.25) is 15.9 Å². The minimum atomic E-state index is -3.76. The number of fused-ring (bicyclic) bond motifs is 2. The third-order valence-electron chi connectivity index (χ3n) is 5.13. The lowest BCUT2D eigenvalue weighted by molar-refractivity contribution is -0.129. The number of ether oxygens (including phenoxy) is 2. The summed E-state index contributed by atoms with van der Waals surface area (Å²) < 4.78 is 37.9. The minimum Gasteiger partial charge on any atom is -0.380 e. The van der Waals surface area contributed by atoms with Crippen LogP contribution in [0.2, 0.25) is 0 Å². The van der Waals surface area contributed by atoms with E-state index < -0.39 is 21.3 Å². The van der Waals surface area contributed by atoms with Gasteiger partial charge in [0, 0.05) is 19.0 Å². The second-order valence-corrected chi connectivity index (χ2v) is 8.51.